The Labute approximate surface area is 98.9 Å². The highest BCUT2D eigenvalue weighted by atomic mass is 32.1. The lowest BCUT2D eigenvalue weighted by Crippen LogP contribution is -2.26. The van der Waals surface area contributed by atoms with Gasteiger partial charge in [0.05, 0.1) is 19.8 Å². The van der Waals surface area contributed by atoms with Crippen LogP contribution in [0.25, 0.3) is 0 Å². The molecular formula is C9H17N3O3S. The minimum atomic E-state index is -0.0157. The van der Waals surface area contributed by atoms with Gasteiger partial charge in [0, 0.05) is 20.8 Å². The van der Waals surface area contributed by atoms with Gasteiger partial charge in [-0.2, -0.15) is 4.37 Å². The highest BCUT2D eigenvalue weighted by molar-refractivity contribution is 7.11. The van der Waals surface area contributed by atoms with Gasteiger partial charge in [0.25, 0.3) is 0 Å². The molecule has 3 N–H and O–H groups in total. The largest absolute Gasteiger partial charge is 0.490 e. The van der Waals surface area contributed by atoms with Gasteiger partial charge in [0.15, 0.2) is 16.6 Å². The molecule has 0 aliphatic rings. The fourth-order valence-electron chi connectivity index (χ4n) is 1.21. The van der Waals surface area contributed by atoms with Crippen LogP contribution in [0.3, 0.4) is 0 Å². The van der Waals surface area contributed by atoms with E-state index in [9.17, 15) is 0 Å². The summed E-state index contributed by atoms with van der Waals surface area (Å²) in [6, 6.07) is 0. The van der Waals surface area contributed by atoms with E-state index in [0.717, 1.165) is 5.00 Å². The number of rotatable bonds is 7. The molecule has 0 bridgehead atoms. The topological polar surface area (TPSA) is 78.6 Å². The van der Waals surface area contributed by atoms with E-state index >= 15 is 0 Å². The van der Waals surface area contributed by atoms with E-state index in [1.54, 1.807) is 21.3 Å². The van der Waals surface area contributed by atoms with Gasteiger partial charge in [-0.1, -0.05) is 0 Å². The Balaban J connectivity index is 2.52. The molecule has 0 amide bonds. The van der Waals surface area contributed by atoms with Gasteiger partial charge in [0.2, 0.25) is 0 Å². The minimum Gasteiger partial charge on any atom is -0.490 e. The zero-order valence-electron chi connectivity index (χ0n) is 9.65. The van der Waals surface area contributed by atoms with Gasteiger partial charge in [-0.15, -0.1) is 0 Å². The van der Waals surface area contributed by atoms with Gasteiger partial charge < -0.3 is 25.3 Å². The van der Waals surface area contributed by atoms with Crippen LogP contribution in [0.4, 0.5) is 10.8 Å². The van der Waals surface area contributed by atoms with Crippen molar-refractivity contribution in [2.24, 2.45) is 0 Å². The number of nitrogens with zero attached hydrogens (tertiary/aromatic N) is 1. The molecule has 92 valence electrons. The van der Waals surface area contributed by atoms with Crippen LogP contribution >= 0.6 is 11.5 Å². The van der Waals surface area contributed by atoms with Crippen molar-refractivity contribution in [1.29, 1.82) is 0 Å². The monoisotopic (exact) mass is 247 g/mol. The van der Waals surface area contributed by atoms with E-state index in [4.69, 9.17) is 19.9 Å². The molecule has 1 aromatic heterocycles. The van der Waals surface area contributed by atoms with Crippen molar-refractivity contribution in [3.63, 3.8) is 0 Å². The summed E-state index contributed by atoms with van der Waals surface area (Å²) < 4.78 is 19.4. The van der Waals surface area contributed by atoms with E-state index in [0.29, 0.717) is 24.7 Å². The van der Waals surface area contributed by atoms with Crippen molar-refractivity contribution >= 4 is 22.4 Å². The first-order valence-electron chi connectivity index (χ1n) is 4.77. The summed E-state index contributed by atoms with van der Waals surface area (Å²) in [6.45, 7) is 1.14. The number of hydrogen-bond donors (Lipinski definition) is 2. The molecule has 0 fully saturated rings. The van der Waals surface area contributed by atoms with Gasteiger partial charge in [-0.25, -0.2) is 0 Å². The average Bonchev–Trinajstić information content (AvgIpc) is 2.65. The summed E-state index contributed by atoms with van der Waals surface area (Å²) in [4.78, 5) is 0. The first kappa shape index (κ1) is 13.0. The third-order valence-corrected chi connectivity index (χ3v) is 2.85. The fourth-order valence-corrected chi connectivity index (χ4v) is 1.90. The number of nitrogen functional groups attached to an aromatic ring is 1. The molecule has 16 heavy (non-hydrogen) atoms. The molecule has 7 heteroatoms. The van der Waals surface area contributed by atoms with E-state index in [-0.39, 0.29) is 6.10 Å². The first-order chi connectivity index (χ1) is 7.72. The van der Waals surface area contributed by atoms with Crippen LogP contribution in [0.5, 0.6) is 5.75 Å². The van der Waals surface area contributed by atoms with Gasteiger partial charge >= 0.3 is 0 Å². The van der Waals surface area contributed by atoms with Crippen molar-refractivity contribution in [2.75, 3.05) is 45.5 Å². The summed E-state index contributed by atoms with van der Waals surface area (Å²) in [7, 11) is 4.84. The molecule has 0 spiro atoms. The van der Waals surface area contributed by atoms with Crippen LogP contribution in [0, 0.1) is 0 Å². The molecule has 0 radical (unpaired) electrons. The van der Waals surface area contributed by atoms with Crippen molar-refractivity contribution in [3.8, 4) is 5.75 Å². The van der Waals surface area contributed by atoms with E-state index in [1.165, 1.54) is 11.5 Å². The second-order valence-electron chi connectivity index (χ2n) is 3.12. The van der Waals surface area contributed by atoms with Crippen molar-refractivity contribution in [2.45, 2.75) is 6.10 Å². The number of ether oxygens (including phenoxy) is 3. The van der Waals surface area contributed by atoms with Gasteiger partial charge in [-0.3, -0.25) is 0 Å². The molecule has 0 aromatic carbocycles. The van der Waals surface area contributed by atoms with Gasteiger partial charge in [0.1, 0.15) is 0 Å². The predicted molar refractivity (Wildman–Crippen MR) is 64.2 cm³/mol. The Morgan fingerprint density at radius 3 is 2.75 bits per heavy atom. The minimum absolute atomic E-state index is 0.0157. The fraction of sp³-hybridized carbons (Fsp3) is 0.667. The van der Waals surface area contributed by atoms with Crippen molar-refractivity contribution < 1.29 is 14.2 Å². The third-order valence-electron chi connectivity index (χ3n) is 2.05. The average molecular weight is 247 g/mol. The number of nitrogens with one attached hydrogen (secondary N) is 1. The maximum absolute atomic E-state index is 5.63. The van der Waals surface area contributed by atoms with Crippen LogP contribution in [-0.2, 0) is 9.47 Å². The summed E-state index contributed by atoms with van der Waals surface area (Å²) in [6.07, 6.45) is -0.0157. The number of aromatic nitrogens is 1. The Bertz CT molecular complexity index is 319. The van der Waals surface area contributed by atoms with Crippen LogP contribution < -0.4 is 15.8 Å². The molecular weight excluding hydrogens is 230 g/mol. The third kappa shape index (κ3) is 3.22. The van der Waals surface area contributed by atoms with Crippen molar-refractivity contribution in [1.82, 2.24) is 4.37 Å². The number of hydrogen-bond acceptors (Lipinski definition) is 7. The maximum Gasteiger partial charge on any atom is 0.197 e. The molecule has 0 saturated heterocycles. The molecule has 6 nitrogen and oxygen atoms in total. The van der Waals surface area contributed by atoms with Crippen LogP contribution in [0.1, 0.15) is 0 Å². The maximum atomic E-state index is 5.63. The number of nitrogens with two attached hydrogens (primary N) is 1. The highest BCUT2D eigenvalue weighted by Crippen LogP contribution is 2.34. The molecule has 1 atom stereocenters. The molecule has 1 rings (SSSR count). The predicted octanol–water partition coefficient (Wildman–Crippen LogP) is 0.807. The Morgan fingerprint density at radius 2 is 2.19 bits per heavy atom. The Kier molecular flexibility index (Phi) is 5.30. The molecule has 1 heterocycles. The smallest absolute Gasteiger partial charge is 0.197 e. The number of methoxy groups -OCH3 is 3. The second kappa shape index (κ2) is 6.51. The first-order valence-corrected chi connectivity index (χ1v) is 5.55. The van der Waals surface area contributed by atoms with Crippen LogP contribution in [0.15, 0.2) is 0 Å². The Hall–Kier alpha value is -1.05. The molecule has 0 saturated carbocycles. The normalized spacial score (nSPS) is 12.4. The highest BCUT2D eigenvalue weighted by Gasteiger charge is 2.13. The summed E-state index contributed by atoms with van der Waals surface area (Å²) >= 11 is 1.26. The lowest BCUT2D eigenvalue weighted by molar-refractivity contribution is 0.0366. The van der Waals surface area contributed by atoms with Crippen LogP contribution in [0.2, 0.25) is 0 Å². The number of anilines is 2. The zero-order valence-corrected chi connectivity index (χ0v) is 10.5. The molecule has 0 aliphatic carbocycles. The Morgan fingerprint density at radius 1 is 1.44 bits per heavy atom. The summed E-state index contributed by atoms with van der Waals surface area (Å²) in [5.74, 6) is 0.980. The summed E-state index contributed by atoms with van der Waals surface area (Å²) in [5.41, 5.74) is 5.63. The lowest BCUT2D eigenvalue weighted by atomic mass is 10.3. The standard InChI is InChI=1S/C9H17N3O3S/c1-13-5-6(14-2)4-11-9-7(15-3)8(10)12-16-9/h6,11H,4-5H2,1-3H3,(H2,10,12). The van der Waals surface area contributed by atoms with Gasteiger partial charge in [-0.05, 0) is 11.5 Å². The SMILES string of the molecule is COCC(CNc1snc(N)c1OC)OC. The molecule has 0 aliphatic heterocycles. The van der Waals surface area contributed by atoms with E-state index < -0.39 is 0 Å². The summed E-state index contributed by atoms with van der Waals surface area (Å²) in [5, 5.41) is 3.97. The van der Waals surface area contributed by atoms with E-state index in [2.05, 4.69) is 9.69 Å². The van der Waals surface area contributed by atoms with Crippen molar-refractivity contribution in [3.05, 3.63) is 0 Å². The second-order valence-corrected chi connectivity index (χ2v) is 3.90. The van der Waals surface area contributed by atoms with Crippen LogP contribution in [-0.4, -0.2) is 45.0 Å². The van der Waals surface area contributed by atoms with E-state index in [1.807, 2.05) is 0 Å². The molecule has 1 aromatic rings. The molecule has 1 unspecified atom stereocenters. The zero-order chi connectivity index (χ0) is 12.0. The lowest BCUT2D eigenvalue weighted by Gasteiger charge is -2.15. The quantitative estimate of drug-likeness (QED) is 0.742.